The van der Waals surface area contributed by atoms with Crippen LogP contribution in [-0.2, 0) is 13.0 Å². The smallest absolute Gasteiger partial charge is 0.119 e. The lowest BCUT2D eigenvalue weighted by Crippen LogP contribution is -2.43. The summed E-state index contributed by atoms with van der Waals surface area (Å²) in [6, 6.07) is 27.4. The molecule has 3 aromatic carbocycles. The third-order valence-corrected chi connectivity index (χ3v) is 6.90. The lowest BCUT2D eigenvalue weighted by Gasteiger charge is -2.44. The van der Waals surface area contributed by atoms with Gasteiger partial charge in [-0.05, 0) is 82.0 Å². The molecule has 2 atom stereocenters. The number of hydrogen-bond acceptors (Lipinski definition) is 2. The zero-order valence-corrected chi connectivity index (χ0v) is 20.0. The van der Waals surface area contributed by atoms with Crippen LogP contribution in [0.15, 0.2) is 72.8 Å². The van der Waals surface area contributed by atoms with Crippen molar-refractivity contribution in [1.29, 1.82) is 0 Å². The molecule has 1 aliphatic rings. The molecule has 0 aromatic heterocycles. The molecule has 3 heteroatoms. The molecule has 3 aromatic rings. The minimum absolute atomic E-state index is 0.263. The van der Waals surface area contributed by atoms with E-state index in [1.165, 1.54) is 45.1 Å². The lowest BCUT2D eigenvalue weighted by molar-refractivity contribution is 0.121. The van der Waals surface area contributed by atoms with Crippen LogP contribution >= 0.6 is 22.6 Å². The van der Waals surface area contributed by atoms with E-state index >= 15 is 0 Å². The van der Waals surface area contributed by atoms with Crippen molar-refractivity contribution in [3.05, 3.63) is 98.6 Å². The van der Waals surface area contributed by atoms with E-state index in [4.69, 9.17) is 4.74 Å². The molecule has 156 valence electrons. The predicted octanol–water partition coefficient (Wildman–Crippen LogP) is 7.01. The van der Waals surface area contributed by atoms with Gasteiger partial charge >= 0.3 is 0 Å². The summed E-state index contributed by atoms with van der Waals surface area (Å²) in [7, 11) is 1.76. The quantitative estimate of drug-likeness (QED) is 0.317. The first kappa shape index (κ1) is 21.4. The van der Waals surface area contributed by atoms with Crippen LogP contribution < -0.4 is 4.74 Å². The Morgan fingerprint density at radius 1 is 1.00 bits per heavy atom. The maximum absolute atomic E-state index is 5.56. The van der Waals surface area contributed by atoms with Crippen LogP contribution in [0.25, 0.3) is 0 Å². The van der Waals surface area contributed by atoms with Crippen LogP contribution in [0.5, 0.6) is 5.75 Å². The molecule has 30 heavy (non-hydrogen) atoms. The second-order valence-corrected chi connectivity index (χ2v) is 9.42. The summed E-state index contributed by atoms with van der Waals surface area (Å²) in [5.41, 5.74) is 5.61. The van der Waals surface area contributed by atoms with Gasteiger partial charge in [0.15, 0.2) is 0 Å². The Kier molecular flexibility index (Phi) is 7.11. The zero-order valence-electron chi connectivity index (χ0n) is 17.9. The van der Waals surface area contributed by atoms with E-state index in [0.29, 0.717) is 6.04 Å². The van der Waals surface area contributed by atoms with Crippen molar-refractivity contribution in [3.8, 4) is 5.75 Å². The van der Waals surface area contributed by atoms with E-state index in [2.05, 4.69) is 107 Å². The minimum atomic E-state index is 0.263. The van der Waals surface area contributed by atoms with E-state index < -0.39 is 0 Å². The summed E-state index contributed by atoms with van der Waals surface area (Å²) >= 11 is 2.39. The van der Waals surface area contributed by atoms with E-state index in [9.17, 15) is 0 Å². The van der Waals surface area contributed by atoms with Gasteiger partial charge < -0.3 is 4.74 Å². The van der Waals surface area contributed by atoms with Gasteiger partial charge in [-0.25, -0.2) is 0 Å². The molecule has 4 rings (SSSR count). The minimum Gasteiger partial charge on any atom is -0.497 e. The van der Waals surface area contributed by atoms with Crippen molar-refractivity contribution in [2.45, 2.75) is 51.2 Å². The van der Waals surface area contributed by atoms with Crippen LogP contribution in [0.3, 0.4) is 0 Å². The molecule has 0 saturated heterocycles. The average Bonchev–Trinajstić information content (AvgIpc) is 2.78. The van der Waals surface area contributed by atoms with Gasteiger partial charge in [0.25, 0.3) is 0 Å². The second kappa shape index (κ2) is 9.97. The summed E-state index contributed by atoms with van der Waals surface area (Å²) in [5, 5.41) is 0. The van der Waals surface area contributed by atoms with E-state index in [1.54, 1.807) is 7.11 Å². The number of unbranched alkanes of at least 4 members (excludes halogenated alkanes) is 1. The van der Waals surface area contributed by atoms with Gasteiger partial charge in [-0.2, -0.15) is 0 Å². The predicted molar refractivity (Wildman–Crippen MR) is 133 cm³/mol. The molecule has 1 heterocycles. The monoisotopic (exact) mass is 511 g/mol. The standard InChI is InChI=1S/C27H30INO/c1-3-4-10-24-17-22-18-25(30-2)15-16-26(22)27(21-11-13-23(28)14-12-21)29(24)19-20-8-6-5-7-9-20/h5-9,11-16,18,24,27H,3-4,10,17,19H2,1-2H3/t24-,27?/m0/s1. The summed E-state index contributed by atoms with van der Waals surface area (Å²) < 4.78 is 6.84. The number of benzene rings is 3. The van der Waals surface area contributed by atoms with E-state index in [1.807, 2.05) is 0 Å². The van der Waals surface area contributed by atoms with Crippen molar-refractivity contribution >= 4 is 22.6 Å². The highest BCUT2D eigenvalue weighted by molar-refractivity contribution is 14.1. The van der Waals surface area contributed by atoms with Crippen LogP contribution in [0.1, 0.15) is 54.5 Å². The molecular formula is C27H30INO. The highest BCUT2D eigenvalue weighted by Crippen LogP contribution is 2.41. The van der Waals surface area contributed by atoms with Crippen LogP contribution in [-0.4, -0.2) is 18.1 Å². The Labute approximate surface area is 194 Å². The summed E-state index contributed by atoms with van der Waals surface area (Å²) in [4.78, 5) is 2.74. The van der Waals surface area contributed by atoms with Gasteiger partial charge in [0, 0.05) is 16.2 Å². The molecular weight excluding hydrogens is 481 g/mol. The number of halogens is 1. The number of nitrogens with zero attached hydrogens (tertiary/aromatic N) is 1. The Morgan fingerprint density at radius 2 is 1.77 bits per heavy atom. The van der Waals surface area contributed by atoms with Crippen LogP contribution in [0.4, 0.5) is 0 Å². The second-order valence-electron chi connectivity index (χ2n) is 8.18. The van der Waals surface area contributed by atoms with Gasteiger partial charge in [-0.15, -0.1) is 0 Å². The molecule has 1 unspecified atom stereocenters. The first-order valence-electron chi connectivity index (χ1n) is 10.9. The van der Waals surface area contributed by atoms with Gasteiger partial charge in [-0.3, -0.25) is 4.90 Å². The Hall–Kier alpha value is -1.85. The molecule has 0 amide bonds. The van der Waals surface area contributed by atoms with Crippen molar-refractivity contribution in [2.75, 3.05) is 7.11 Å². The molecule has 0 N–H and O–H groups in total. The molecule has 2 nitrogen and oxygen atoms in total. The fourth-order valence-electron chi connectivity index (χ4n) is 4.65. The number of rotatable bonds is 7. The first-order chi connectivity index (χ1) is 14.7. The van der Waals surface area contributed by atoms with Crippen molar-refractivity contribution in [3.63, 3.8) is 0 Å². The highest BCUT2D eigenvalue weighted by atomic mass is 127. The third-order valence-electron chi connectivity index (χ3n) is 6.19. The molecule has 0 radical (unpaired) electrons. The fourth-order valence-corrected chi connectivity index (χ4v) is 5.01. The van der Waals surface area contributed by atoms with Gasteiger partial charge in [0.2, 0.25) is 0 Å². The first-order valence-corrected chi connectivity index (χ1v) is 12.0. The normalized spacial score (nSPS) is 18.8. The number of ether oxygens (including phenoxy) is 1. The summed E-state index contributed by atoms with van der Waals surface area (Å²) in [6.45, 7) is 3.26. The van der Waals surface area contributed by atoms with Gasteiger partial charge in [-0.1, -0.05) is 68.3 Å². The van der Waals surface area contributed by atoms with E-state index in [-0.39, 0.29) is 6.04 Å². The van der Waals surface area contributed by atoms with Crippen molar-refractivity contribution in [2.24, 2.45) is 0 Å². The SMILES string of the molecule is CCCC[C@H]1Cc2cc(OC)ccc2C(c2ccc(I)cc2)N1Cc1ccccc1. The maximum atomic E-state index is 5.56. The number of methoxy groups -OCH3 is 1. The maximum Gasteiger partial charge on any atom is 0.119 e. The van der Waals surface area contributed by atoms with Crippen molar-refractivity contribution in [1.82, 2.24) is 4.90 Å². The number of hydrogen-bond donors (Lipinski definition) is 0. The summed E-state index contributed by atoms with van der Waals surface area (Å²) in [6.07, 6.45) is 4.80. The van der Waals surface area contributed by atoms with Gasteiger partial charge in [0.1, 0.15) is 5.75 Å². The molecule has 0 fully saturated rings. The largest absolute Gasteiger partial charge is 0.497 e. The Bertz CT molecular complexity index is 954. The van der Waals surface area contributed by atoms with E-state index in [0.717, 1.165) is 18.7 Å². The lowest BCUT2D eigenvalue weighted by atomic mass is 9.82. The Balaban J connectivity index is 1.81. The molecule has 0 aliphatic carbocycles. The average molecular weight is 511 g/mol. The van der Waals surface area contributed by atoms with Crippen molar-refractivity contribution < 1.29 is 4.74 Å². The van der Waals surface area contributed by atoms with Crippen LogP contribution in [0.2, 0.25) is 0 Å². The molecule has 1 aliphatic heterocycles. The number of fused-ring (bicyclic) bond motifs is 1. The topological polar surface area (TPSA) is 12.5 Å². The zero-order chi connectivity index (χ0) is 20.9. The highest BCUT2D eigenvalue weighted by Gasteiger charge is 2.35. The summed E-state index contributed by atoms with van der Waals surface area (Å²) in [5.74, 6) is 0.959. The van der Waals surface area contributed by atoms with Gasteiger partial charge in [0.05, 0.1) is 13.2 Å². The van der Waals surface area contributed by atoms with Crippen LogP contribution in [0, 0.1) is 3.57 Å². The Morgan fingerprint density at radius 3 is 2.47 bits per heavy atom. The molecule has 0 spiro atoms. The third kappa shape index (κ3) is 4.73. The molecule has 0 bridgehead atoms. The fraction of sp³-hybridized carbons (Fsp3) is 0.333. The molecule has 0 saturated carbocycles.